The molecule has 0 bridgehead atoms. The average molecular weight is 215 g/mol. The number of piperazine rings is 1. The van der Waals surface area contributed by atoms with E-state index in [2.05, 4.69) is 15.6 Å². The van der Waals surface area contributed by atoms with Gasteiger partial charge in [0.05, 0.1) is 0 Å². The third-order valence-corrected chi connectivity index (χ3v) is 2.29. The number of nitrogen functional groups attached to an aromatic ring is 1. The van der Waals surface area contributed by atoms with E-state index in [1.807, 2.05) is 12.1 Å². The number of pyridine rings is 1. The maximum absolute atomic E-state index is 5.77. The summed E-state index contributed by atoms with van der Waals surface area (Å²) >= 11 is 0. The lowest BCUT2D eigenvalue weighted by Crippen LogP contribution is -2.42. The molecule has 1 aromatic rings. The van der Waals surface area contributed by atoms with E-state index in [0.29, 0.717) is 11.9 Å². The van der Waals surface area contributed by atoms with Crippen molar-refractivity contribution in [2.24, 2.45) is 0 Å². The van der Waals surface area contributed by atoms with Gasteiger partial charge in [-0.1, -0.05) is 6.07 Å². The fourth-order valence-electron chi connectivity index (χ4n) is 1.60. The van der Waals surface area contributed by atoms with Crippen molar-refractivity contribution in [2.75, 3.05) is 25.4 Å². The van der Waals surface area contributed by atoms with Crippen molar-refractivity contribution in [3.05, 3.63) is 23.9 Å². The number of nitrogens with one attached hydrogen (secondary N) is 2. The van der Waals surface area contributed by atoms with Crippen LogP contribution in [0.5, 0.6) is 0 Å². The normalized spacial score (nSPS) is 21.3. The van der Waals surface area contributed by atoms with Crippen molar-refractivity contribution in [3.63, 3.8) is 0 Å². The number of nitrogens with two attached hydrogens (primary N) is 1. The second kappa shape index (κ2) is 5.14. The summed E-state index contributed by atoms with van der Waals surface area (Å²) in [6.45, 7) is 2.94. The van der Waals surface area contributed by atoms with Crippen LogP contribution in [0.1, 0.15) is 11.6 Å². The second-order valence-electron chi connectivity index (χ2n) is 3.19. The average Bonchev–Trinajstić information content (AvgIpc) is 2.20. The summed E-state index contributed by atoms with van der Waals surface area (Å²) in [6, 6.07) is 4.25. The molecule has 0 unspecified atom stereocenters. The molecular formula is C9H15ClN4. The molecule has 0 aromatic carbocycles. The highest BCUT2D eigenvalue weighted by molar-refractivity contribution is 5.85. The summed E-state index contributed by atoms with van der Waals surface area (Å²) in [4.78, 5) is 4.06. The molecule has 1 saturated heterocycles. The molecule has 0 saturated carbocycles. The summed E-state index contributed by atoms with van der Waals surface area (Å²) in [5.41, 5.74) is 6.86. The number of hydrogen-bond acceptors (Lipinski definition) is 4. The molecule has 0 spiro atoms. The van der Waals surface area contributed by atoms with Gasteiger partial charge in [-0.2, -0.15) is 0 Å². The van der Waals surface area contributed by atoms with Crippen LogP contribution in [-0.4, -0.2) is 24.6 Å². The molecule has 0 amide bonds. The van der Waals surface area contributed by atoms with Crippen LogP contribution in [0.2, 0.25) is 0 Å². The van der Waals surface area contributed by atoms with Gasteiger partial charge in [0.15, 0.2) is 0 Å². The summed E-state index contributed by atoms with van der Waals surface area (Å²) in [6.07, 6.45) is 1.72. The van der Waals surface area contributed by atoms with E-state index in [4.69, 9.17) is 5.73 Å². The molecule has 2 rings (SSSR count). The molecular weight excluding hydrogens is 200 g/mol. The summed E-state index contributed by atoms with van der Waals surface area (Å²) in [5, 5.41) is 6.71. The fraction of sp³-hybridized carbons (Fsp3) is 0.444. The van der Waals surface area contributed by atoms with Crippen molar-refractivity contribution in [1.82, 2.24) is 15.6 Å². The van der Waals surface area contributed by atoms with Crippen LogP contribution in [0.25, 0.3) is 0 Å². The molecule has 78 valence electrons. The number of nitrogens with zero attached hydrogens (tertiary/aromatic N) is 1. The minimum atomic E-state index is 0. The number of aromatic nitrogens is 1. The zero-order valence-electron chi connectivity index (χ0n) is 7.86. The molecule has 2 heterocycles. The van der Waals surface area contributed by atoms with Crippen LogP contribution >= 0.6 is 12.4 Å². The van der Waals surface area contributed by atoms with E-state index in [0.717, 1.165) is 25.2 Å². The van der Waals surface area contributed by atoms with Gasteiger partial charge < -0.3 is 16.4 Å². The lowest BCUT2D eigenvalue weighted by Gasteiger charge is -2.25. The first kappa shape index (κ1) is 11.2. The Morgan fingerprint density at radius 1 is 1.43 bits per heavy atom. The largest absolute Gasteiger partial charge is 0.383 e. The minimum absolute atomic E-state index is 0. The van der Waals surface area contributed by atoms with Crippen LogP contribution in [0.3, 0.4) is 0 Å². The Morgan fingerprint density at radius 3 is 2.93 bits per heavy atom. The highest BCUT2D eigenvalue weighted by Crippen LogP contribution is 2.17. The predicted molar refractivity (Wildman–Crippen MR) is 59.5 cm³/mol. The first-order chi connectivity index (χ1) is 6.38. The van der Waals surface area contributed by atoms with Gasteiger partial charge >= 0.3 is 0 Å². The van der Waals surface area contributed by atoms with Gasteiger partial charge in [-0.3, -0.25) is 0 Å². The van der Waals surface area contributed by atoms with Gasteiger partial charge in [0.1, 0.15) is 5.82 Å². The molecule has 1 aliphatic heterocycles. The standard InChI is InChI=1S/C9H14N4.ClH/c10-9-7(2-1-3-13-9)8-6-11-4-5-12-8;/h1-3,8,11-12H,4-6H2,(H2,10,13);1H/t8-;/m1./s1. The SMILES string of the molecule is Cl.Nc1ncccc1[C@H]1CNCCN1. The molecule has 4 nitrogen and oxygen atoms in total. The molecule has 1 atom stereocenters. The highest BCUT2D eigenvalue weighted by atomic mass is 35.5. The molecule has 5 heteroatoms. The zero-order valence-corrected chi connectivity index (χ0v) is 8.68. The Kier molecular flexibility index (Phi) is 4.13. The third kappa shape index (κ3) is 2.35. The van der Waals surface area contributed by atoms with E-state index in [1.165, 1.54) is 0 Å². The first-order valence-corrected chi connectivity index (χ1v) is 4.52. The Bertz CT molecular complexity index is 286. The number of hydrogen-bond donors (Lipinski definition) is 3. The molecule has 1 aromatic heterocycles. The minimum Gasteiger partial charge on any atom is -0.383 e. The van der Waals surface area contributed by atoms with Gasteiger partial charge in [0.25, 0.3) is 0 Å². The number of anilines is 1. The van der Waals surface area contributed by atoms with Crippen molar-refractivity contribution in [2.45, 2.75) is 6.04 Å². The topological polar surface area (TPSA) is 63.0 Å². The number of halogens is 1. The highest BCUT2D eigenvalue weighted by Gasteiger charge is 2.16. The predicted octanol–water partition coefficient (Wildman–Crippen LogP) is 0.319. The van der Waals surface area contributed by atoms with Gasteiger partial charge in [0, 0.05) is 37.4 Å². The maximum atomic E-state index is 5.77. The van der Waals surface area contributed by atoms with Crippen molar-refractivity contribution < 1.29 is 0 Å². The van der Waals surface area contributed by atoms with E-state index in [1.54, 1.807) is 6.20 Å². The lowest BCUT2D eigenvalue weighted by atomic mass is 10.1. The Balaban J connectivity index is 0.000000980. The van der Waals surface area contributed by atoms with Crippen LogP contribution < -0.4 is 16.4 Å². The van der Waals surface area contributed by atoms with Crippen molar-refractivity contribution in [3.8, 4) is 0 Å². The lowest BCUT2D eigenvalue weighted by molar-refractivity contribution is 0.430. The molecule has 1 fully saturated rings. The first-order valence-electron chi connectivity index (χ1n) is 4.52. The summed E-state index contributed by atoms with van der Waals surface area (Å²) in [5.74, 6) is 0.628. The summed E-state index contributed by atoms with van der Waals surface area (Å²) in [7, 11) is 0. The van der Waals surface area contributed by atoms with Gasteiger partial charge in [-0.05, 0) is 6.07 Å². The second-order valence-corrected chi connectivity index (χ2v) is 3.19. The quantitative estimate of drug-likeness (QED) is 0.630. The van der Waals surface area contributed by atoms with Gasteiger partial charge in [-0.25, -0.2) is 4.98 Å². The van der Waals surface area contributed by atoms with Crippen molar-refractivity contribution >= 4 is 18.2 Å². The molecule has 0 aliphatic carbocycles. The Labute approximate surface area is 89.7 Å². The van der Waals surface area contributed by atoms with Gasteiger partial charge in [-0.15, -0.1) is 12.4 Å². The maximum Gasteiger partial charge on any atom is 0.128 e. The monoisotopic (exact) mass is 214 g/mol. The molecule has 1 aliphatic rings. The van der Waals surface area contributed by atoms with Crippen LogP contribution in [-0.2, 0) is 0 Å². The zero-order chi connectivity index (χ0) is 9.10. The van der Waals surface area contributed by atoms with Gasteiger partial charge in [0.2, 0.25) is 0 Å². The third-order valence-electron chi connectivity index (χ3n) is 2.29. The van der Waals surface area contributed by atoms with Crippen molar-refractivity contribution in [1.29, 1.82) is 0 Å². The van der Waals surface area contributed by atoms with E-state index in [9.17, 15) is 0 Å². The smallest absolute Gasteiger partial charge is 0.128 e. The van der Waals surface area contributed by atoms with Crippen LogP contribution in [0, 0.1) is 0 Å². The molecule has 14 heavy (non-hydrogen) atoms. The van der Waals surface area contributed by atoms with E-state index >= 15 is 0 Å². The summed E-state index contributed by atoms with van der Waals surface area (Å²) < 4.78 is 0. The van der Waals surface area contributed by atoms with Crippen LogP contribution in [0.15, 0.2) is 18.3 Å². The van der Waals surface area contributed by atoms with E-state index in [-0.39, 0.29) is 12.4 Å². The number of rotatable bonds is 1. The Hall–Kier alpha value is -0.840. The molecule has 4 N–H and O–H groups in total. The fourth-order valence-corrected chi connectivity index (χ4v) is 1.60. The van der Waals surface area contributed by atoms with Crippen LogP contribution in [0.4, 0.5) is 5.82 Å². The van der Waals surface area contributed by atoms with E-state index < -0.39 is 0 Å². The molecule has 0 radical (unpaired) electrons. The Morgan fingerprint density at radius 2 is 2.29 bits per heavy atom.